The summed E-state index contributed by atoms with van der Waals surface area (Å²) in [5, 5.41) is 9.16. The Labute approximate surface area is 56.8 Å². The molecule has 1 unspecified atom stereocenters. The number of rotatable bonds is 3. The molecule has 0 bridgehead atoms. The predicted molar refractivity (Wildman–Crippen MR) is 39.1 cm³/mol. The van der Waals surface area contributed by atoms with Gasteiger partial charge in [0, 0.05) is 19.8 Å². The van der Waals surface area contributed by atoms with Crippen LogP contribution in [0.3, 0.4) is 0 Å². The van der Waals surface area contributed by atoms with Gasteiger partial charge in [0.1, 0.15) is 0 Å². The van der Waals surface area contributed by atoms with Crippen molar-refractivity contribution in [2.75, 3.05) is 14.1 Å². The van der Waals surface area contributed by atoms with Gasteiger partial charge < -0.3 is 10.0 Å². The molecule has 0 aromatic carbocycles. The second-order valence-electron chi connectivity index (χ2n) is 2.31. The smallest absolute Gasteiger partial charge is 0.0927 e. The summed E-state index contributed by atoms with van der Waals surface area (Å²) in [6.45, 7) is 5.63. The molecule has 0 aromatic rings. The van der Waals surface area contributed by atoms with Crippen LogP contribution in [0.15, 0.2) is 12.3 Å². The molecular weight excluding hydrogens is 114 g/mol. The van der Waals surface area contributed by atoms with Crippen LogP contribution < -0.4 is 0 Å². The van der Waals surface area contributed by atoms with E-state index < -0.39 is 0 Å². The van der Waals surface area contributed by atoms with Gasteiger partial charge in [-0.25, -0.2) is 0 Å². The van der Waals surface area contributed by atoms with Crippen LogP contribution in [0.5, 0.6) is 0 Å². The van der Waals surface area contributed by atoms with Gasteiger partial charge in [-0.2, -0.15) is 0 Å². The zero-order valence-corrected chi connectivity index (χ0v) is 6.39. The van der Waals surface area contributed by atoms with Crippen molar-refractivity contribution in [3.8, 4) is 0 Å². The Hall–Kier alpha value is -0.500. The molecule has 0 saturated heterocycles. The third-order valence-electron chi connectivity index (χ3n) is 1.35. The molecule has 0 rings (SSSR count). The lowest BCUT2D eigenvalue weighted by Crippen LogP contribution is -2.21. The molecule has 2 nitrogen and oxygen atoms in total. The number of nitrogens with zero attached hydrogens (tertiary/aromatic N) is 1. The molecule has 0 fully saturated rings. The Morgan fingerprint density at radius 2 is 2.11 bits per heavy atom. The van der Waals surface area contributed by atoms with E-state index in [4.69, 9.17) is 5.11 Å². The Morgan fingerprint density at radius 3 is 2.22 bits per heavy atom. The molecule has 0 radical (unpaired) electrons. The molecule has 0 saturated carbocycles. The molecule has 0 heterocycles. The van der Waals surface area contributed by atoms with Crippen LogP contribution in [-0.4, -0.2) is 30.2 Å². The molecule has 1 N–H and O–H groups in total. The van der Waals surface area contributed by atoms with Crippen LogP contribution in [0.4, 0.5) is 0 Å². The lowest BCUT2D eigenvalue weighted by atomic mass is 10.2. The molecule has 0 amide bonds. The van der Waals surface area contributed by atoms with Crippen molar-refractivity contribution in [2.24, 2.45) is 0 Å². The van der Waals surface area contributed by atoms with E-state index in [0.29, 0.717) is 0 Å². The highest BCUT2D eigenvalue weighted by Gasteiger charge is 2.05. The first-order valence-corrected chi connectivity index (χ1v) is 3.13. The lowest BCUT2D eigenvalue weighted by Gasteiger charge is -2.19. The second kappa shape index (κ2) is 3.51. The summed E-state index contributed by atoms with van der Waals surface area (Å²) in [6, 6.07) is 0. The molecular formula is C7H15NO. The van der Waals surface area contributed by atoms with Gasteiger partial charge in [0.05, 0.1) is 6.10 Å². The first-order chi connectivity index (χ1) is 4.09. The minimum atomic E-state index is -0.375. The first kappa shape index (κ1) is 8.50. The number of aliphatic hydroxyl groups is 1. The summed E-state index contributed by atoms with van der Waals surface area (Å²) in [5.74, 6) is 0. The van der Waals surface area contributed by atoms with Crippen LogP contribution in [-0.2, 0) is 0 Å². The van der Waals surface area contributed by atoms with Crippen LogP contribution >= 0.6 is 0 Å². The summed E-state index contributed by atoms with van der Waals surface area (Å²) < 4.78 is 0. The fourth-order valence-electron chi connectivity index (χ4n) is 0.534. The maximum Gasteiger partial charge on any atom is 0.0927 e. The van der Waals surface area contributed by atoms with E-state index in [0.717, 1.165) is 12.1 Å². The van der Waals surface area contributed by atoms with E-state index in [1.165, 1.54) is 0 Å². The molecule has 0 spiro atoms. The summed E-state index contributed by atoms with van der Waals surface area (Å²) in [5.41, 5.74) is 0.775. The van der Waals surface area contributed by atoms with Crippen LogP contribution in [0.2, 0.25) is 0 Å². The van der Waals surface area contributed by atoms with Crippen molar-refractivity contribution in [3.05, 3.63) is 12.3 Å². The number of hydrogen-bond donors (Lipinski definition) is 1. The van der Waals surface area contributed by atoms with E-state index in [9.17, 15) is 0 Å². The third kappa shape index (κ3) is 2.51. The van der Waals surface area contributed by atoms with Crippen LogP contribution in [0.25, 0.3) is 0 Å². The summed E-state index contributed by atoms with van der Waals surface area (Å²) >= 11 is 0. The molecule has 1 atom stereocenters. The van der Waals surface area contributed by atoms with Crippen molar-refractivity contribution < 1.29 is 5.11 Å². The van der Waals surface area contributed by atoms with E-state index >= 15 is 0 Å². The molecule has 9 heavy (non-hydrogen) atoms. The van der Waals surface area contributed by atoms with E-state index in [-0.39, 0.29) is 6.10 Å². The minimum absolute atomic E-state index is 0.375. The average Bonchev–Trinajstić information content (AvgIpc) is 1.84. The second-order valence-corrected chi connectivity index (χ2v) is 2.31. The van der Waals surface area contributed by atoms with Gasteiger partial charge in [-0.3, -0.25) is 0 Å². The van der Waals surface area contributed by atoms with Gasteiger partial charge in [0.15, 0.2) is 0 Å². The molecule has 0 aliphatic heterocycles. The predicted octanol–water partition coefficient (Wildman–Crippen LogP) is 0.833. The fraction of sp³-hybridized carbons (Fsp3) is 0.714. The van der Waals surface area contributed by atoms with Crippen LogP contribution in [0, 0.1) is 0 Å². The van der Waals surface area contributed by atoms with Crippen molar-refractivity contribution in [1.82, 2.24) is 4.90 Å². The number of likely N-dealkylation sites (N-methyl/N-ethyl adjacent to an activating group) is 1. The number of aliphatic hydroxyl groups excluding tert-OH is 1. The molecule has 0 aromatic heterocycles. The maximum atomic E-state index is 9.16. The largest absolute Gasteiger partial charge is 0.387 e. The van der Waals surface area contributed by atoms with Gasteiger partial charge in [-0.05, 0) is 6.42 Å². The highest BCUT2D eigenvalue weighted by Crippen LogP contribution is 2.04. The topological polar surface area (TPSA) is 23.5 Å². The summed E-state index contributed by atoms with van der Waals surface area (Å²) in [7, 11) is 3.75. The first-order valence-electron chi connectivity index (χ1n) is 3.13. The van der Waals surface area contributed by atoms with Gasteiger partial charge in [0.25, 0.3) is 0 Å². The molecule has 54 valence electrons. The Morgan fingerprint density at radius 1 is 1.67 bits per heavy atom. The zero-order valence-electron chi connectivity index (χ0n) is 6.39. The van der Waals surface area contributed by atoms with Crippen molar-refractivity contribution >= 4 is 0 Å². The molecule has 2 heteroatoms. The van der Waals surface area contributed by atoms with Crippen LogP contribution in [0.1, 0.15) is 13.3 Å². The Bertz CT molecular complexity index is 99.1. The van der Waals surface area contributed by atoms with Gasteiger partial charge in [0.2, 0.25) is 0 Å². The van der Waals surface area contributed by atoms with Gasteiger partial charge >= 0.3 is 0 Å². The number of hydrogen-bond acceptors (Lipinski definition) is 2. The third-order valence-corrected chi connectivity index (χ3v) is 1.35. The van der Waals surface area contributed by atoms with Gasteiger partial charge in [-0.1, -0.05) is 13.5 Å². The standard InChI is InChI=1S/C7H15NO/c1-5-7(9)6(2)8(3)4/h7,9H,2,5H2,1,3-4H3. The summed E-state index contributed by atoms with van der Waals surface area (Å²) in [4.78, 5) is 1.83. The Kier molecular flexibility index (Phi) is 3.32. The van der Waals surface area contributed by atoms with E-state index in [1.54, 1.807) is 0 Å². The Balaban J connectivity index is 3.73. The summed E-state index contributed by atoms with van der Waals surface area (Å²) in [6.07, 6.45) is 0.358. The fourth-order valence-corrected chi connectivity index (χ4v) is 0.534. The average molecular weight is 129 g/mol. The highest BCUT2D eigenvalue weighted by molar-refractivity contribution is 4.97. The van der Waals surface area contributed by atoms with Crippen molar-refractivity contribution in [1.29, 1.82) is 0 Å². The van der Waals surface area contributed by atoms with Gasteiger partial charge in [-0.15, -0.1) is 0 Å². The minimum Gasteiger partial charge on any atom is -0.387 e. The zero-order chi connectivity index (χ0) is 7.44. The normalized spacial score (nSPS) is 12.9. The monoisotopic (exact) mass is 129 g/mol. The lowest BCUT2D eigenvalue weighted by molar-refractivity contribution is 0.176. The maximum absolute atomic E-state index is 9.16. The van der Waals surface area contributed by atoms with Crippen molar-refractivity contribution in [2.45, 2.75) is 19.4 Å². The molecule has 0 aliphatic carbocycles. The SMILES string of the molecule is C=C(C(O)CC)N(C)C. The van der Waals surface area contributed by atoms with E-state index in [1.807, 2.05) is 25.9 Å². The highest BCUT2D eigenvalue weighted by atomic mass is 16.3. The van der Waals surface area contributed by atoms with E-state index in [2.05, 4.69) is 6.58 Å². The van der Waals surface area contributed by atoms with Crippen molar-refractivity contribution in [3.63, 3.8) is 0 Å². The molecule has 0 aliphatic rings. The quantitative estimate of drug-likeness (QED) is 0.610.